The zero-order valence-corrected chi connectivity index (χ0v) is 23.4. The Kier molecular flexibility index (Phi) is 8.15. The maximum absolute atomic E-state index is 14.2. The number of aromatic nitrogens is 1. The molecular formula is C34H36FN3O2. The second-order valence-corrected chi connectivity index (χ2v) is 10.7. The van der Waals surface area contributed by atoms with E-state index in [1.54, 1.807) is 21.9 Å². The molecule has 3 aromatic carbocycles. The Morgan fingerprint density at radius 3 is 2.25 bits per heavy atom. The Balaban J connectivity index is 1.46. The molecule has 0 saturated carbocycles. The number of rotatable bonds is 9. The molecule has 0 spiro atoms. The maximum atomic E-state index is 14.2. The summed E-state index contributed by atoms with van der Waals surface area (Å²) in [5.41, 5.74) is 5.12. The summed E-state index contributed by atoms with van der Waals surface area (Å²) in [4.78, 5) is 31.3. The van der Waals surface area contributed by atoms with E-state index in [-0.39, 0.29) is 30.2 Å². The van der Waals surface area contributed by atoms with E-state index in [2.05, 4.69) is 11.5 Å². The van der Waals surface area contributed by atoms with E-state index in [1.807, 2.05) is 80.7 Å². The summed E-state index contributed by atoms with van der Waals surface area (Å²) in [7, 11) is 0. The van der Waals surface area contributed by atoms with Crippen LogP contribution in [0.2, 0.25) is 0 Å². The number of nitrogens with zero attached hydrogens (tertiary/aromatic N) is 3. The van der Waals surface area contributed by atoms with Crippen LogP contribution in [0.5, 0.6) is 0 Å². The predicted octanol–water partition coefficient (Wildman–Crippen LogP) is 7.34. The van der Waals surface area contributed by atoms with Gasteiger partial charge < -0.3 is 9.47 Å². The fourth-order valence-electron chi connectivity index (χ4n) is 5.49. The van der Waals surface area contributed by atoms with E-state index in [1.165, 1.54) is 30.5 Å². The zero-order valence-electron chi connectivity index (χ0n) is 23.4. The van der Waals surface area contributed by atoms with Gasteiger partial charge in [-0.05, 0) is 86.3 Å². The molecule has 6 heteroatoms. The van der Waals surface area contributed by atoms with Crippen molar-refractivity contribution in [1.82, 2.24) is 9.47 Å². The van der Waals surface area contributed by atoms with Gasteiger partial charge in [-0.3, -0.25) is 14.5 Å². The first-order valence-corrected chi connectivity index (χ1v) is 14.1. The average Bonchev–Trinajstić information content (AvgIpc) is 3.46. The normalized spacial score (nSPS) is 14.1. The number of aryl methyl sites for hydroxylation is 1. The third-order valence-corrected chi connectivity index (χ3v) is 7.63. The molecule has 0 N–H and O–H groups in total. The molecule has 1 aliphatic heterocycles. The first-order valence-electron chi connectivity index (χ1n) is 14.1. The number of carbonyl (C=O) groups is 2. The highest BCUT2D eigenvalue weighted by molar-refractivity contribution is 6.02. The topological polar surface area (TPSA) is 45.6 Å². The van der Waals surface area contributed by atoms with Crippen LogP contribution in [-0.4, -0.2) is 33.9 Å². The fourth-order valence-corrected chi connectivity index (χ4v) is 5.49. The van der Waals surface area contributed by atoms with Crippen molar-refractivity contribution >= 4 is 17.5 Å². The number of carbonyl (C=O) groups excluding carboxylic acids is 2. The molecule has 0 aliphatic carbocycles. The van der Waals surface area contributed by atoms with Gasteiger partial charge in [-0.2, -0.15) is 0 Å². The second kappa shape index (κ2) is 11.9. The van der Waals surface area contributed by atoms with Crippen LogP contribution >= 0.6 is 0 Å². The smallest absolute Gasteiger partial charge is 0.254 e. The van der Waals surface area contributed by atoms with Crippen LogP contribution in [-0.2, 0) is 11.2 Å². The van der Waals surface area contributed by atoms with Gasteiger partial charge in [-0.15, -0.1) is 0 Å². The van der Waals surface area contributed by atoms with Gasteiger partial charge in [0.1, 0.15) is 18.4 Å². The fraction of sp³-hybridized carbons (Fsp3) is 0.294. The highest BCUT2D eigenvalue weighted by Crippen LogP contribution is 2.42. The highest BCUT2D eigenvalue weighted by Gasteiger charge is 2.37. The lowest BCUT2D eigenvalue weighted by Gasteiger charge is -2.40. The summed E-state index contributed by atoms with van der Waals surface area (Å²) in [6, 6.07) is 25.1. The molecule has 206 valence electrons. The molecule has 1 aromatic heterocycles. The van der Waals surface area contributed by atoms with Gasteiger partial charge in [0.2, 0.25) is 5.91 Å². The Bertz CT molecular complexity index is 1470. The third kappa shape index (κ3) is 5.44. The van der Waals surface area contributed by atoms with Crippen LogP contribution in [0.1, 0.15) is 73.3 Å². The summed E-state index contributed by atoms with van der Waals surface area (Å²) < 4.78 is 15.9. The minimum Gasteiger partial charge on any atom is -0.327 e. The lowest BCUT2D eigenvalue weighted by atomic mass is 9.97. The number of fused-ring (bicyclic) bond motifs is 3. The van der Waals surface area contributed by atoms with E-state index in [0.717, 1.165) is 35.5 Å². The molecule has 0 saturated heterocycles. The maximum Gasteiger partial charge on any atom is 0.254 e. The number of hydrogen-bond donors (Lipinski definition) is 0. The first-order chi connectivity index (χ1) is 19.4. The predicted molar refractivity (Wildman–Crippen MR) is 157 cm³/mol. The minimum atomic E-state index is -0.468. The molecule has 0 fully saturated rings. The monoisotopic (exact) mass is 537 g/mol. The molecule has 2 amide bonds. The summed E-state index contributed by atoms with van der Waals surface area (Å²) >= 11 is 0. The van der Waals surface area contributed by atoms with E-state index in [4.69, 9.17) is 0 Å². The van der Waals surface area contributed by atoms with Crippen molar-refractivity contribution < 1.29 is 14.0 Å². The largest absolute Gasteiger partial charge is 0.327 e. The molecule has 0 bridgehead atoms. The van der Waals surface area contributed by atoms with Crippen molar-refractivity contribution in [2.45, 2.75) is 58.5 Å². The molecule has 40 heavy (non-hydrogen) atoms. The van der Waals surface area contributed by atoms with Gasteiger partial charge in [-0.1, -0.05) is 56.2 Å². The van der Waals surface area contributed by atoms with E-state index in [0.29, 0.717) is 5.56 Å². The third-order valence-electron chi connectivity index (χ3n) is 7.63. The van der Waals surface area contributed by atoms with Crippen LogP contribution in [0.25, 0.3) is 5.69 Å². The van der Waals surface area contributed by atoms with Gasteiger partial charge in [0, 0.05) is 17.8 Å². The van der Waals surface area contributed by atoms with Crippen molar-refractivity contribution in [2.75, 3.05) is 11.4 Å². The van der Waals surface area contributed by atoms with Crippen molar-refractivity contribution in [1.29, 1.82) is 0 Å². The van der Waals surface area contributed by atoms with E-state index in [9.17, 15) is 14.0 Å². The summed E-state index contributed by atoms with van der Waals surface area (Å²) in [6.45, 7) is 5.96. The number of benzene rings is 3. The van der Waals surface area contributed by atoms with Gasteiger partial charge in [0.25, 0.3) is 5.91 Å². The second-order valence-electron chi connectivity index (χ2n) is 10.7. The lowest BCUT2D eigenvalue weighted by Crippen LogP contribution is -2.48. The standard InChI is InChI=1S/C34H36FN3O2/c1-4-5-6-10-25-14-16-27(17-15-25)34(40)37(24(2)3)23-32(39)38-30-12-8-7-11-29(30)36-22-9-13-31(36)33(38)26-18-20-28(35)21-19-26/h7-9,11-22,24,33H,4-6,10,23H2,1-3H3/t33-/m1/s1. The summed E-state index contributed by atoms with van der Waals surface area (Å²) in [5, 5.41) is 0. The summed E-state index contributed by atoms with van der Waals surface area (Å²) in [5.74, 6) is -0.705. The number of para-hydroxylation sites is 2. The van der Waals surface area contributed by atoms with Crippen molar-refractivity contribution in [2.24, 2.45) is 0 Å². The number of amides is 2. The number of hydrogen-bond acceptors (Lipinski definition) is 2. The number of unbranched alkanes of at least 4 members (excludes halogenated alkanes) is 2. The number of halogens is 1. The molecule has 2 heterocycles. The highest BCUT2D eigenvalue weighted by atomic mass is 19.1. The van der Waals surface area contributed by atoms with Crippen molar-refractivity contribution in [3.63, 3.8) is 0 Å². The van der Waals surface area contributed by atoms with Gasteiger partial charge in [0.05, 0.1) is 17.1 Å². The average molecular weight is 538 g/mol. The van der Waals surface area contributed by atoms with Crippen LogP contribution in [0.4, 0.5) is 10.1 Å². The Morgan fingerprint density at radius 1 is 0.875 bits per heavy atom. The Hall–Kier alpha value is -4.19. The Morgan fingerprint density at radius 2 is 1.57 bits per heavy atom. The van der Waals surface area contributed by atoms with Crippen molar-refractivity contribution in [3.05, 3.63) is 119 Å². The van der Waals surface area contributed by atoms with Gasteiger partial charge >= 0.3 is 0 Å². The van der Waals surface area contributed by atoms with Crippen molar-refractivity contribution in [3.8, 4) is 5.69 Å². The molecule has 0 radical (unpaired) electrons. The van der Waals surface area contributed by atoms with E-state index < -0.39 is 6.04 Å². The SMILES string of the molecule is CCCCCc1ccc(C(=O)N(CC(=O)N2c3ccccc3-n3cccc3[C@H]2c2ccc(F)cc2)C(C)C)cc1. The minimum absolute atomic E-state index is 0.0819. The Labute approximate surface area is 235 Å². The van der Waals surface area contributed by atoms with Crippen LogP contribution < -0.4 is 4.90 Å². The first kappa shape index (κ1) is 27.4. The molecule has 5 rings (SSSR count). The van der Waals surface area contributed by atoms with Crippen LogP contribution in [0, 0.1) is 5.82 Å². The van der Waals surface area contributed by atoms with Crippen LogP contribution in [0.3, 0.4) is 0 Å². The molecule has 1 aliphatic rings. The zero-order chi connectivity index (χ0) is 28.2. The molecule has 5 nitrogen and oxygen atoms in total. The number of anilines is 1. The van der Waals surface area contributed by atoms with Gasteiger partial charge in [-0.25, -0.2) is 4.39 Å². The lowest BCUT2D eigenvalue weighted by molar-refractivity contribution is -0.120. The molecule has 4 aromatic rings. The van der Waals surface area contributed by atoms with Crippen LogP contribution in [0.15, 0.2) is 91.1 Å². The quantitative estimate of drug-likeness (QED) is 0.210. The molecule has 1 atom stereocenters. The molecular weight excluding hydrogens is 501 g/mol. The van der Waals surface area contributed by atoms with E-state index >= 15 is 0 Å². The molecule has 0 unspecified atom stereocenters. The summed E-state index contributed by atoms with van der Waals surface area (Å²) in [6.07, 6.45) is 6.46. The van der Waals surface area contributed by atoms with Gasteiger partial charge in [0.15, 0.2) is 0 Å².